The Labute approximate surface area is 162 Å². The predicted molar refractivity (Wildman–Crippen MR) is 103 cm³/mol. The van der Waals surface area contributed by atoms with Gasteiger partial charge in [-0.1, -0.05) is 32.0 Å². The van der Waals surface area contributed by atoms with Crippen LogP contribution in [-0.2, 0) is 0 Å². The summed E-state index contributed by atoms with van der Waals surface area (Å²) in [6, 6.07) is 11.3. The van der Waals surface area contributed by atoms with Crippen LogP contribution in [0.25, 0.3) is 5.69 Å². The highest BCUT2D eigenvalue weighted by Gasteiger charge is 2.19. The van der Waals surface area contributed by atoms with Gasteiger partial charge >= 0.3 is 0 Å². The number of pyridine rings is 1. The maximum atomic E-state index is 12.6. The standard InChI is InChI=1S/C20H21N5O3/c1-12(2)14-6-4-5-7-15(14)25-13(3)21-18(24-25)19(26)22-17-9-8-16-20(23-17)28-11-10-27-16/h4-9,12H,10-11H2,1-3H3,(H,22,23,26). The van der Waals surface area contributed by atoms with E-state index in [0.717, 1.165) is 11.3 Å². The summed E-state index contributed by atoms with van der Waals surface area (Å²) in [5, 5.41) is 7.13. The monoisotopic (exact) mass is 379 g/mol. The van der Waals surface area contributed by atoms with Crippen molar-refractivity contribution in [2.75, 3.05) is 18.5 Å². The van der Waals surface area contributed by atoms with Crippen LogP contribution in [0.3, 0.4) is 0 Å². The second-order valence-electron chi connectivity index (χ2n) is 6.76. The summed E-state index contributed by atoms with van der Waals surface area (Å²) < 4.78 is 12.6. The highest BCUT2D eigenvalue weighted by Crippen LogP contribution is 2.29. The van der Waals surface area contributed by atoms with E-state index in [1.54, 1.807) is 16.8 Å². The molecule has 3 aromatic rings. The van der Waals surface area contributed by atoms with Crippen molar-refractivity contribution in [1.29, 1.82) is 0 Å². The molecule has 1 N–H and O–H groups in total. The molecule has 0 unspecified atom stereocenters. The zero-order valence-corrected chi connectivity index (χ0v) is 16.0. The molecule has 0 bridgehead atoms. The van der Waals surface area contributed by atoms with Crippen LogP contribution in [-0.4, -0.2) is 38.9 Å². The predicted octanol–water partition coefficient (Wildman–Crippen LogP) is 3.12. The number of anilines is 1. The van der Waals surface area contributed by atoms with Gasteiger partial charge in [0.15, 0.2) is 5.75 Å². The second kappa shape index (κ2) is 7.30. The molecule has 2 aromatic heterocycles. The van der Waals surface area contributed by atoms with E-state index in [2.05, 4.69) is 40.3 Å². The smallest absolute Gasteiger partial charge is 0.296 e. The van der Waals surface area contributed by atoms with Gasteiger partial charge in [0.2, 0.25) is 5.82 Å². The van der Waals surface area contributed by atoms with Gasteiger partial charge in [-0.05, 0) is 36.6 Å². The number of aryl methyl sites for hydroxylation is 1. The first-order valence-electron chi connectivity index (χ1n) is 9.14. The number of nitrogens with zero attached hydrogens (tertiary/aromatic N) is 4. The Morgan fingerprint density at radius 3 is 2.71 bits per heavy atom. The molecule has 3 heterocycles. The molecule has 8 nitrogen and oxygen atoms in total. The van der Waals surface area contributed by atoms with E-state index in [4.69, 9.17) is 9.47 Å². The number of amides is 1. The van der Waals surface area contributed by atoms with Gasteiger partial charge in [0.25, 0.3) is 11.8 Å². The number of rotatable bonds is 4. The summed E-state index contributed by atoms with van der Waals surface area (Å²) in [7, 11) is 0. The van der Waals surface area contributed by atoms with Gasteiger partial charge in [-0.2, -0.15) is 4.98 Å². The van der Waals surface area contributed by atoms with Crippen LogP contribution < -0.4 is 14.8 Å². The normalized spacial score (nSPS) is 12.9. The molecule has 0 spiro atoms. The van der Waals surface area contributed by atoms with Crippen molar-refractivity contribution < 1.29 is 14.3 Å². The zero-order valence-electron chi connectivity index (χ0n) is 16.0. The Kier molecular flexibility index (Phi) is 4.68. The first kappa shape index (κ1) is 18.0. The van der Waals surface area contributed by atoms with E-state index in [-0.39, 0.29) is 5.82 Å². The Morgan fingerprint density at radius 1 is 1.11 bits per heavy atom. The Morgan fingerprint density at radius 2 is 1.89 bits per heavy atom. The molecule has 1 amide bonds. The van der Waals surface area contributed by atoms with Crippen molar-refractivity contribution in [2.45, 2.75) is 26.7 Å². The molecule has 0 aliphatic carbocycles. The number of carbonyl (C=O) groups is 1. The molecule has 0 saturated heterocycles. The molecule has 28 heavy (non-hydrogen) atoms. The molecule has 0 saturated carbocycles. The number of carbonyl (C=O) groups excluding carboxylic acids is 1. The minimum absolute atomic E-state index is 0.0766. The van der Waals surface area contributed by atoms with Crippen molar-refractivity contribution in [3.8, 4) is 17.3 Å². The SMILES string of the molecule is Cc1nc(C(=O)Nc2ccc3c(n2)OCCO3)nn1-c1ccccc1C(C)C. The Balaban J connectivity index is 1.59. The minimum Gasteiger partial charge on any atom is -0.484 e. The van der Waals surface area contributed by atoms with E-state index in [9.17, 15) is 4.79 Å². The Bertz CT molecular complexity index is 1030. The number of benzene rings is 1. The molecule has 0 atom stereocenters. The molecular weight excluding hydrogens is 358 g/mol. The van der Waals surface area contributed by atoms with Gasteiger partial charge in [-0.15, -0.1) is 5.10 Å². The summed E-state index contributed by atoms with van der Waals surface area (Å²) in [6.07, 6.45) is 0. The van der Waals surface area contributed by atoms with Crippen LogP contribution in [0.5, 0.6) is 11.6 Å². The maximum absolute atomic E-state index is 12.6. The van der Waals surface area contributed by atoms with E-state index in [1.807, 2.05) is 25.1 Å². The second-order valence-corrected chi connectivity index (χ2v) is 6.76. The summed E-state index contributed by atoms with van der Waals surface area (Å²) in [4.78, 5) is 21.2. The van der Waals surface area contributed by atoms with Crippen LogP contribution in [0, 0.1) is 6.92 Å². The Hall–Kier alpha value is -3.42. The highest BCUT2D eigenvalue weighted by molar-refractivity contribution is 6.01. The number of para-hydroxylation sites is 1. The first-order valence-corrected chi connectivity index (χ1v) is 9.14. The fourth-order valence-electron chi connectivity index (χ4n) is 3.06. The molecule has 144 valence electrons. The third-order valence-electron chi connectivity index (χ3n) is 4.41. The summed E-state index contributed by atoms with van der Waals surface area (Å²) >= 11 is 0. The van der Waals surface area contributed by atoms with Gasteiger partial charge in [0, 0.05) is 0 Å². The molecular formula is C20H21N5O3. The number of ether oxygens (including phenoxy) is 2. The molecule has 4 rings (SSSR count). The van der Waals surface area contributed by atoms with Crippen molar-refractivity contribution in [3.05, 3.63) is 53.6 Å². The average Bonchev–Trinajstić information content (AvgIpc) is 3.09. The lowest BCUT2D eigenvalue weighted by Gasteiger charge is -2.17. The van der Waals surface area contributed by atoms with E-state index in [1.165, 1.54) is 0 Å². The molecule has 0 fully saturated rings. The molecule has 0 radical (unpaired) electrons. The third kappa shape index (κ3) is 3.40. The average molecular weight is 379 g/mol. The number of hydrogen-bond donors (Lipinski definition) is 1. The van der Waals surface area contributed by atoms with Gasteiger partial charge < -0.3 is 14.8 Å². The summed E-state index contributed by atoms with van der Waals surface area (Å²) in [5.74, 6) is 1.87. The molecule has 1 aliphatic rings. The fourth-order valence-corrected chi connectivity index (χ4v) is 3.06. The van der Waals surface area contributed by atoms with E-state index < -0.39 is 5.91 Å². The molecule has 8 heteroatoms. The number of hydrogen-bond acceptors (Lipinski definition) is 6. The van der Waals surface area contributed by atoms with Crippen molar-refractivity contribution in [1.82, 2.24) is 19.7 Å². The minimum atomic E-state index is -0.437. The van der Waals surface area contributed by atoms with Gasteiger partial charge in [0.1, 0.15) is 24.9 Å². The highest BCUT2D eigenvalue weighted by atomic mass is 16.6. The molecule has 1 aliphatic heterocycles. The summed E-state index contributed by atoms with van der Waals surface area (Å²) in [6.45, 7) is 6.97. The van der Waals surface area contributed by atoms with Crippen molar-refractivity contribution >= 4 is 11.7 Å². The quantitative estimate of drug-likeness (QED) is 0.749. The molecule has 1 aromatic carbocycles. The number of nitrogens with one attached hydrogen (secondary N) is 1. The van der Waals surface area contributed by atoms with Crippen LogP contribution >= 0.6 is 0 Å². The van der Waals surface area contributed by atoms with Crippen LogP contribution in [0.4, 0.5) is 5.82 Å². The van der Waals surface area contributed by atoms with E-state index in [0.29, 0.717) is 42.4 Å². The van der Waals surface area contributed by atoms with Crippen LogP contribution in [0.15, 0.2) is 36.4 Å². The number of aromatic nitrogens is 4. The first-order chi connectivity index (χ1) is 13.5. The fraction of sp³-hybridized carbons (Fsp3) is 0.300. The third-order valence-corrected chi connectivity index (χ3v) is 4.41. The lowest BCUT2D eigenvalue weighted by molar-refractivity contribution is 0.101. The lowest BCUT2D eigenvalue weighted by atomic mass is 10.0. The summed E-state index contributed by atoms with van der Waals surface area (Å²) in [5.41, 5.74) is 2.05. The van der Waals surface area contributed by atoms with E-state index >= 15 is 0 Å². The topological polar surface area (TPSA) is 91.2 Å². The van der Waals surface area contributed by atoms with Gasteiger partial charge in [-0.25, -0.2) is 9.67 Å². The number of fused-ring (bicyclic) bond motifs is 1. The van der Waals surface area contributed by atoms with Crippen LogP contribution in [0.1, 0.15) is 41.8 Å². The van der Waals surface area contributed by atoms with Crippen molar-refractivity contribution in [2.24, 2.45) is 0 Å². The van der Waals surface area contributed by atoms with Gasteiger partial charge in [0.05, 0.1) is 5.69 Å². The lowest BCUT2D eigenvalue weighted by Crippen LogP contribution is -2.19. The van der Waals surface area contributed by atoms with Gasteiger partial charge in [-0.3, -0.25) is 4.79 Å². The van der Waals surface area contributed by atoms with Crippen LogP contribution in [0.2, 0.25) is 0 Å². The zero-order chi connectivity index (χ0) is 19.7. The van der Waals surface area contributed by atoms with Crippen molar-refractivity contribution in [3.63, 3.8) is 0 Å². The maximum Gasteiger partial charge on any atom is 0.296 e. The largest absolute Gasteiger partial charge is 0.484 e.